The molecule has 28 heavy (non-hydrogen) atoms. The highest BCUT2D eigenvalue weighted by molar-refractivity contribution is 7.15. The first-order valence-electron chi connectivity index (χ1n) is 7.98. The van der Waals surface area contributed by atoms with Gasteiger partial charge in [0.05, 0.1) is 25.5 Å². The first kappa shape index (κ1) is 18.9. The number of hydrogen-bond acceptors (Lipinski definition) is 6. The normalized spacial score (nSPS) is 13.6. The molecule has 0 aliphatic carbocycles. The van der Waals surface area contributed by atoms with E-state index < -0.39 is 12.7 Å². The monoisotopic (exact) mass is 439 g/mol. The van der Waals surface area contributed by atoms with E-state index in [9.17, 15) is 9.18 Å². The molecule has 0 radical (unpaired) electrons. The second kappa shape index (κ2) is 7.50. The third kappa shape index (κ3) is 3.15. The molecular formula is C17H12Cl2FN5O2S. The molecule has 0 unspecified atom stereocenters. The smallest absolute Gasteiger partial charge is 0.336 e. The number of carbonyl (C=O) groups excluding carboxylic acids is 1. The molecule has 0 atom stereocenters. The van der Waals surface area contributed by atoms with Crippen LogP contribution in [-0.4, -0.2) is 28.1 Å². The van der Waals surface area contributed by atoms with Crippen molar-refractivity contribution in [3.63, 3.8) is 0 Å². The molecule has 11 heteroatoms. The van der Waals surface area contributed by atoms with E-state index in [0.717, 1.165) is 0 Å². The van der Waals surface area contributed by atoms with Gasteiger partial charge in [0.2, 0.25) is 5.28 Å². The van der Waals surface area contributed by atoms with Crippen molar-refractivity contribution in [2.45, 2.75) is 13.2 Å². The Morgan fingerprint density at radius 3 is 2.79 bits per heavy atom. The number of carbonyl (C=O) groups is 1. The van der Waals surface area contributed by atoms with Crippen molar-refractivity contribution < 1.29 is 13.9 Å². The minimum absolute atomic E-state index is 0.00322. The van der Waals surface area contributed by atoms with Gasteiger partial charge >= 0.3 is 6.03 Å². The van der Waals surface area contributed by atoms with Gasteiger partial charge in [-0.25, -0.2) is 24.1 Å². The molecule has 0 saturated carbocycles. The number of hydrogen-bond donors (Lipinski definition) is 0. The van der Waals surface area contributed by atoms with Crippen molar-refractivity contribution >= 4 is 57.9 Å². The predicted octanol–water partition coefficient (Wildman–Crippen LogP) is 5.00. The number of nitrogens with zero attached hydrogens (tertiary/aromatic N) is 5. The second-order valence-corrected chi connectivity index (χ2v) is 7.58. The fourth-order valence-electron chi connectivity index (χ4n) is 2.87. The van der Waals surface area contributed by atoms with Crippen LogP contribution < -0.4 is 14.5 Å². The van der Waals surface area contributed by atoms with E-state index in [1.165, 1.54) is 40.6 Å². The summed E-state index contributed by atoms with van der Waals surface area (Å²) in [6.45, 7) is -0.617. The lowest BCUT2D eigenvalue weighted by Crippen LogP contribution is -2.46. The van der Waals surface area contributed by atoms with Crippen molar-refractivity contribution in [1.29, 1.82) is 0 Å². The molecule has 144 valence electrons. The van der Waals surface area contributed by atoms with Gasteiger partial charge < -0.3 is 4.74 Å². The van der Waals surface area contributed by atoms with Gasteiger partial charge in [0.25, 0.3) is 0 Å². The maximum absolute atomic E-state index is 13.5. The summed E-state index contributed by atoms with van der Waals surface area (Å²) in [5.74, 6) is 1.15. The number of anilines is 3. The van der Waals surface area contributed by atoms with Gasteiger partial charge in [0.1, 0.15) is 22.6 Å². The summed E-state index contributed by atoms with van der Waals surface area (Å²) in [7, 11) is 1.52. The van der Waals surface area contributed by atoms with Crippen LogP contribution in [0.15, 0.2) is 29.9 Å². The van der Waals surface area contributed by atoms with Gasteiger partial charge in [0.15, 0.2) is 5.82 Å². The average Bonchev–Trinajstić information content (AvgIpc) is 3.08. The quantitative estimate of drug-likeness (QED) is 0.535. The summed E-state index contributed by atoms with van der Waals surface area (Å²) in [5.41, 5.74) is 1.29. The molecule has 0 spiro atoms. The van der Waals surface area contributed by atoms with E-state index >= 15 is 0 Å². The van der Waals surface area contributed by atoms with Crippen molar-refractivity contribution in [1.82, 2.24) is 15.0 Å². The van der Waals surface area contributed by atoms with Gasteiger partial charge in [-0.05, 0) is 23.7 Å². The summed E-state index contributed by atoms with van der Waals surface area (Å²) < 4.78 is 18.9. The van der Waals surface area contributed by atoms with E-state index in [2.05, 4.69) is 15.0 Å². The number of rotatable bonds is 4. The standard InChI is InChI=1S/C17H12Cl2FN5O2S/c1-27-11-2-3-12(21-6-11)25-15-10(5-22-16(19)23-15)7-24(17(25)26)13-9(4-20)8-28-14(13)18/h2-3,5-6,8H,4,7H2,1H3. The van der Waals surface area contributed by atoms with Crippen LogP contribution in [0.1, 0.15) is 11.1 Å². The van der Waals surface area contributed by atoms with Crippen LogP contribution >= 0.6 is 34.5 Å². The van der Waals surface area contributed by atoms with Gasteiger partial charge in [0, 0.05) is 22.7 Å². The number of halogens is 3. The average molecular weight is 440 g/mol. The number of pyridine rings is 1. The third-order valence-corrected chi connectivity index (χ3v) is 5.60. The number of urea groups is 1. The van der Waals surface area contributed by atoms with Crippen LogP contribution in [0.3, 0.4) is 0 Å². The van der Waals surface area contributed by atoms with Crippen LogP contribution in [0, 0.1) is 0 Å². The lowest BCUT2D eigenvalue weighted by atomic mass is 10.2. The van der Waals surface area contributed by atoms with E-state index in [-0.39, 0.29) is 11.8 Å². The molecule has 4 heterocycles. The molecule has 0 fully saturated rings. The highest BCUT2D eigenvalue weighted by Crippen LogP contribution is 2.42. The molecule has 0 aromatic carbocycles. The van der Waals surface area contributed by atoms with Crippen LogP contribution in [-0.2, 0) is 13.2 Å². The Morgan fingerprint density at radius 1 is 1.29 bits per heavy atom. The Morgan fingerprint density at radius 2 is 2.11 bits per heavy atom. The Kier molecular flexibility index (Phi) is 5.05. The SMILES string of the molecule is COc1ccc(N2C(=O)N(c3c(CF)csc3Cl)Cc3cnc(Cl)nc32)nc1. The van der Waals surface area contributed by atoms with Gasteiger partial charge in [-0.3, -0.25) is 4.90 Å². The molecule has 2 amide bonds. The molecule has 1 aliphatic heterocycles. The third-order valence-electron chi connectivity index (χ3n) is 4.17. The van der Waals surface area contributed by atoms with Crippen LogP contribution in [0.4, 0.5) is 26.5 Å². The van der Waals surface area contributed by atoms with Gasteiger partial charge in [-0.15, -0.1) is 11.3 Å². The van der Waals surface area contributed by atoms with E-state index in [1.54, 1.807) is 17.5 Å². The lowest BCUT2D eigenvalue weighted by molar-refractivity contribution is 0.252. The topological polar surface area (TPSA) is 71.5 Å². The maximum atomic E-state index is 13.5. The molecule has 1 aliphatic rings. The lowest BCUT2D eigenvalue weighted by Gasteiger charge is -2.35. The Labute approximate surface area is 173 Å². The summed E-state index contributed by atoms with van der Waals surface area (Å²) >= 11 is 13.4. The Bertz CT molecular complexity index is 1050. The molecular weight excluding hydrogens is 428 g/mol. The summed E-state index contributed by atoms with van der Waals surface area (Å²) in [6, 6.07) is 2.81. The number of thiophene rings is 1. The number of alkyl halides is 1. The van der Waals surface area contributed by atoms with Crippen LogP contribution in [0.2, 0.25) is 9.62 Å². The minimum atomic E-state index is -0.743. The molecule has 3 aromatic rings. The van der Waals surface area contributed by atoms with Gasteiger partial charge in [-0.2, -0.15) is 4.98 Å². The molecule has 4 rings (SSSR count). The van der Waals surface area contributed by atoms with Crippen molar-refractivity contribution in [3.05, 3.63) is 50.7 Å². The molecule has 0 N–H and O–H groups in total. The van der Waals surface area contributed by atoms with Gasteiger partial charge in [-0.1, -0.05) is 11.6 Å². The molecule has 3 aromatic heterocycles. The molecule has 0 bridgehead atoms. The van der Waals surface area contributed by atoms with Crippen LogP contribution in [0.25, 0.3) is 0 Å². The number of fused-ring (bicyclic) bond motifs is 1. The fraction of sp³-hybridized carbons (Fsp3) is 0.176. The fourth-order valence-corrected chi connectivity index (χ4v) is 4.13. The number of aromatic nitrogens is 3. The van der Waals surface area contributed by atoms with E-state index in [1.807, 2.05) is 0 Å². The zero-order valence-corrected chi connectivity index (χ0v) is 16.7. The second-order valence-electron chi connectivity index (χ2n) is 5.77. The van der Waals surface area contributed by atoms with Crippen molar-refractivity contribution in [3.8, 4) is 5.75 Å². The predicted molar refractivity (Wildman–Crippen MR) is 106 cm³/mol. The zero-order valence-electron chi connectivity index (χ0n) is 14.4. The Balaban J connectivity index is 1.86. The number of methoxy groups -OCH3 is 1. The van der Waals surface area contributed by atoms with Crippen molar-refractivity contribution in [2.24, 2.45) is 0 Å². The van der Waals surface area contributed by atoms with E-state index in [0.29, 0.717) is 38.5 Å². The maximum Gasteiger partial charge on any atom is 0.336 e. The number of ether oxygens (including phenoxy) is 1. The first-order chi connectivity index (χ1) is 13.5. The minimum Gasteiger partial charge on any atom is -0.495 e. The molecule has 0 saturated heterocycles. The summed E-state index contributed by atoms with van der Waals surface area (Å²) in [6.07, 6.45) is 3.00. The molecule has 7 nitrogen and oxygen atoms in total. The van der Waals surface area contributed by atoms with Crippen molar-refractivity contribution in [2.75, 3.05) is 16.9 Å². The highest BCUT2D eigenvalue weighted by Gasteiger charge is 2.37. The first-order valence-corrected chi connectivity index (χ1v) is 9.62. The largest absolute Gasteiger partial charge is 0.495 e. The Hall–Kier alpha value is -2.49. The number of amides is 2. The summed E-state index contributed by atoms with van der Waals surface area (Å²) in [5, 5.41) is 1.59. The zero-order chi connectivity index (χ0) is 19.8. The summed E-state index contributed by atoms with van der Waals surface area (Å²) in [4.78, 5) is 28.5. The highest BCUT2D eigenvalue weighted by atomic mass is 35.5. The van der Waals surface area contributed by atoms with Crippen LogP contribution in [0.5, 0.6) is 5.75 Å². The van der Waals surface area contributed by atoms with E-state index in [4.69, 9.17) is 27.9 Å².